The second kappa shape index (κ2) is 7.41. The van der Waals surface area contributed by atoms with Crippen molar-refractivity contribution in [3.63, 3.8) is 0 Å². The zero-order valence-electron chi connectivity index (χ0n) is 12.2. The van der Waals surface area contributed by atoms with Crippen LogP contribution in [0, 0.1) is 5.41 Å². The van der Waals surface area contributed by atoms with Gasteiger partial charge in [-0.05, 0) is 25.2 Å². The number of rotatable bonds is 8. The minimum atomic E-state index is 0.361. The first-order valence-corrected chi connectivity index (χ1v) is 6.85. The maximum absolute atomic E-state index is 5.34. The van der Waals surface area contributed by atoms with Crippen LogP contribution in [0.2, 0.25) is 0 Å². The Morgan fingerprint density at radius 2 is 2.17 bits per heavy atom. The molecule has 0 fully saturated rings. The lowest BCUT2D eigenvalue weighted by molar-refractivity contribution is 0.142. The molecule has 0 aromatic carbocycles. The molecule has 0 radical (unpaired) electrons. The third-order valence-corrected chi connectivity index (χ3v) is 2.77. The van der Waals surface area contributed by atoms with E-state index in [4.69, 9.17) is 4.74 Å². The fourth-order valence-corrected chi connectivity index (χ4v) is 1.69. The van der Waals surface area contributed by atoms with Gasteiger partial charge in [0.1, 0.15) is 0 Å². The largest absolute Gasteiger partial charge is 0.382 e. The first-order chi connectivity index (χ1) is 8.53. The molecule has 1 N–H and O–H groups in total. The molecule has 1 heterocycles. The van der Waals surface area contributed by atoms with Crippen molar-refractivity contribution in [3.05, 3.63) is 12.4 Å². The fourth-order valence-electron chi connectivity index (χ4n) is 1.69. The van der Waals surface area contributed by atoms with E-state index < -0.39 is 0 Å². The number of aromatic nitrogens is 2. The Labute approximate surface area is 111 Å². The van der Waals surface area contributed by atoms with Gasteiger partial charge in [0.25, 0.3) is 0 Å². The van der Waals surface area contributed by atoms with Crippen molar-refractivity contribution in [1.82, 2.24) is 9.55 Å². The van der Waals surface area contributed by atoms with Gasteiger partial charge < -0.3 is 14.6 Å². The molecule has 0 atom stereocenters. The van der Waals surface area contributed by atoms with Gasteiger partial charge in [-0.1, -0.05) is 20.8 Å². The van der Waals surface area contributed by atoms with Gasteiger partial charge in [-0.2, -0.15) is 0 Å². The van der Waals surface area contributed by atoms with Crippen LogP contribution < -0.4 is 5.32 Å². The highest BCUT2D eigenvalue weighted by Crippen LogP contribution is 2.18. The van der Waals surface area contributed by atoms with Gasteiger partial charge in [-0.3, -0.25) is 0 Å². The number of hydrogen-bond acceptors (Lipinski definition) is 3. The van der Waals surface area contributed by atoms with Gasteiger partial charge in [-0.15, -0.1) is 0 Å². The molecule has 0 spiro atoms. The predicted molar refractivity (Wildman–Crippen MR) is 75.9 cm³/mol. The van der Waals surface area contributed by atoms with E-state index in [0.717, 1.165) is 45.1 Å². The van der Waals surface area contributed by atoms with E-state index in [1.807, 2.05) is 19.3 Å². The third kappa shape index (κ3) is 6.05. The van der Waals surface area contributed by atoms with Crippen molar-refractivity contribution in [3.8, 4) is 0 Å². The average molecular weight is 253 g/mol. The number of anilines is 1. The zero-order valence-corrected chi connectivity index (χ0v) is 12.2. The molecule has 0 saturated heterocycles. The quantitative estimate of drug-likeness (QED) is 0.723. The highest BCUT2D eigenvalue weighted by Gasteiger charge is 2.10. The summed E-state index contributed by atoms with van der Waals surface area (Å²) in [6.07, 6.45) is 6.03. The molecule has 0 saturated carbocycles. The lowest BCUT2D eigenvalue weighted by Gasteiger charge is -2.18. The molecule has 0 unspecified atom stereocenters. The van der Waals surface area contributed by atoms with Crippen LogP contribution in [0.1, 0.15) is 40.5 Å². The van der Waals surface area contributed by atoms with Gasteiger partial charge in [0.05, 0.1) is 0 Å². The molecular formula is C14H27N3O. The molecule has 0 bridgehead atoms. The lowest BCUT2D eigenvalue weighted by Crippen LogP contribution is -2.15. The highest BCUT2D eigenvalue weighted by atomic mass is 16.5. The number of imidazole rings is 1. The lowest BCUT2D eigenvalue weighted by atomic mass is 9.92. The maximum Gasteiger partial charge on any atom is 0.202 e. The van der Waals surface area contributed by atoms with Crippen molar-refractivity contribution in [2.45, 2.75) is 47.1 Å². The number of nitrogens with zero attached hydrogens (tertiary/aromatic N) is 2. The number of aryl methyl sites for hydroxylation is 1. The third-order valence-electron chi connectivity index (χ3n) is 2.77. The highest BCUT2D eigenvalue weighted by molar-refractivity contribution is 5.25. The van der Waals surface area contributed by atoms with Gasteiger partial charge >= 0.3 is 0 Å². The normalized spacial score (nSPS) is 11.8. The Balaban J connectivity index is 2.31. The molecule has 4 heteroatoms. The van der Waals surface area contributed by atoms with Crippen LogP contribution in [0.25, 0.3) is 0 Å². The molecule has 0 amide bonds. The Hall–Kier alpha value is -1.03. The Kier molecular flexibility index (Phi) is 6.19. The summed E-state index contributed by atoms with van der Waals surface area (Å²) in [7, 11) is 0. The Morgan fingerprint density at radius 3 is 2.83 bits per heavy atom. The topological polar surface area (TPSA) is 39.1 Å². The smallest absolute Gasteiger partial charge is 0.202 e. The van der Waals surface area contributed by atoms with Crippen LogP contribution in [0.15, 0.2) is 12.4 Å². The summed E-state index contributed by atoms with van der Waals surface area (Å²) >= 11 is 0. The van der Waals surface area contributed by atoms with Crippen LogP contribution in [0.3, 0.4) is 0 Å². The summed E-state index contributed by atoms with van der Waals surface area (Å²) in [5, 5.41) is 3.40. The average Bonchev–Trinajstić information content (AvgIpc) is 2.71. The van der Waals surface area contributed by atoms with Gasteiger partial charge in [0.2, 0.25) is 5.95 Å². The number of ether oxygens (including phenoxy) is 1. The standard InChI is InChI=1S/C14H27N3O/c1-5-18-12-6-10-17-11-9-16-13(17)15-8-7-14(2,3)4/h9,11H,5-8,10,12H2,1-4H3,(H,15,16). The molecule has 0 aliphatic rings. The first-order valence-electron chi connectivity index (χ1n) is 6.85. The Bertz CT molecular complexity index is 328. The van der Waals surface area contributed by atoms with Gasteiger partial charge in [0.15, 0.2) is 0 Å². The first kappa shape index (κ1) is 15.0. The Morgan fingerprint density at radius 1 is 1.39 bits per heavy atom. The SMILES string of the molecule is CCOCCCn1ccnc1NCCC(C)(C)C. The van der Waals surface area contributed by atoms with Crippen molar-refractivity contribution in [1.29, 1.82) is 0 Å². The summed E-state index contributed by atoms with van der Waals surface area (Å²) in [4.78, 5) is 4.35. The fraction of sp³-hybridized carbons (Fsp3) is 0.786. The van der Waals surface area contributed by atoms with Crippen molar-refractivity contribution < 1.29 is 4.74 Å². The minimum absolute atomic E-state index is 0.361. The summed E-state index contributed by atoms with van der Waals surface area (Å²) in [6, 6.07) is 0. The molecule has 0 aliphatic carbocycles. The maximum atomic E-state index is 5.34. The zero-order chi connectivity index (χ0) is 13.4. The van der Waals surface area contributed by atoms with Crippen molar-refractivity contribution >= 4 is 5.95 Å². The molecule has 18 heavy (non-hydrogen) atoms. The van der Waals surface area contributed by atoms with Crippen LogP contribution in [0.5, 0.6) is 0 Å². The van der Waals surface area contributed by atoms with Crippen LogP contribution >= 0.6 is 0 Å². The van der Waals surface area contributed by atoms with E-state index >= 15 is 0 Å². The van der Waals surface area contributed by atoms with E-state index in [1.165, 1.54) is 0 Å². The summed E-state index contributed by atoms with van der Waals surface area (Å²) in [5.41, 5.74) is 0.361. The van der Waals surface area contributed by atoms with E-state index in [1.54, 1.807) is 0 Å². The van der Waals surface area contributed by atoms with Crippen LogP contribution in [0.4, 0.5) is 5.95 Å². The molecule has 104 valence electrons. The second-order valence-electron chi connectivity index (χ2n) is 5.73. The van der Waals surface area contributed by atoms with Gasteiger partial charge in [-0.25, -0.2) is 4.98 Å². The molecule has 4 nitrogen and oxygen atoms in total. The number of nitrogens with one attached hydrogen (secondary N) is 1. The monoisotopic (exact) mass is 253 g/mol. The summed E-state index contributed by atoms with van der Waals surface area (Å²) < 4.78 is 7.50. The minimum Gasteiger partial charge on any atom is -0.382 e. The van der Waals surface area contributed by atoms with Gasteiger partial charge in [0, 0.05) is 38.7 Å². The van der Waals surface area contributed by atoms with Crippen molar-refractivity contribution in [2.75, 3.05) is 25.1 Å². The van der Waals surface area contributed by atoms with E-state index in [-0.39, 0.29) is 0 Å². The van der Waals surface area contributed by atoms with E-state index in [0.29, 0.717) is 5.41 Å². The van der Waals surface area contributed by atoms with Crippen LogP contribution in [-0.4, -0.2) is 29.3 Å². The summed E-state index contributed by atoms with van der Waals surface area (Å²) in [5.74, 6) is 0.968. The molecule has 0 aliphatic heterocycles. The molecule has 1 rings (SSSR count). The van der Waals surface area contributed by atoms with E-state index in [2.05, 4.69) is 35.6 Å². The molecule has 1 aromatic rings. The summed E-state index contributed by atoms with van der Waals surface area (Å²) in [6.45, 7) is 12.3. The molecule has 1 aromatic heterocycles. The second-order valence-corrected chi connectivity index (χ2v) is 5.73. The van der Waals surface area contributed by atoms with Crippen LogP contribution in [-0.2, 0) is 11.3 Å². The molecular weight excluding hydrogens is 226 g/mol. The number of hydrogen-bond donors (Lipinski definition) is 1. The van der Waals surface area contributed by atoms with E-state index in [9.17, 15) is 0 Å². The van der Waals surface area contributed by atoms with Crippen molar-refractivity contribution in [2.24, 2.45) is 5.41 Å². The predicted octanol–water partition coefficient (Wildman–Crippen LogP) is 3.16.